The summed E-state index contributed by atoms with van der Waals surface area (Å²) in [6, 6.07) is 4.74. The Kier molecular flexibility index (Phi) is 4.55. The Hall–Kier alpha value is -0.620. The van der Waals surface area contributed by atoms with E-state index in [2.05, 4.69) is 0 Å². The summed E-state index contributed by atoms with van der Waals surface area (Å²) in [5.74, 6) is -0.124. The summed E-state index contributed by atoms with van der Waals surface area (Å²) in [6.07, 6.45) is 0. The van der Waals surface area contributed by atoms with Crippen LogP contribution in [0, 0.1) is 6.92 Å². The third kappa shape index (κ3) is 3.67. The minimum absolute atomic E-state index is 0.124. The van der Waals surface area contributed by atoms with Gasteiger partial charge in [-0.2, -0.15) is 0 Å². The Morgan fingerprint density at radius 1 is 1.41 bits per heavy atom. The molecule has 1 unspecified atom stereocenters. The van der Waals surface area contributed by atoms with Crippen LogP contribution in [0.2, 0.25) is 5.02 Å². The van der Waals surface area contributed by atoms with Gasteiger partial charge in [0.2, 0.25) is 10.0 Å². The van der Waals surface area contributed by atoms with E-state index in [9.17, 15) is 8.42 Å². The first kappa shape index (κ1) is 14.4. The van der Waals surface area contributed by atoms with Crippen LogP contribution in [-0.2, 0) is 10.0 Å². The average Bonchev–Trinajstić information content (AvgIpc) is 2.20. The van der Waals surface area contributed by atoms with E-state index >= 15 is 0 Å². The number of benzene rings is 1. The Morgan fingerprint density at radius 2 is 2.00 bits per heavy atom. The summed E-state index contributed by atoms with van der Waals surface area (Å²) in [7, 11) is -0.324. The third-order valence-electron chi connectivity index (χ3n) is 2.59. The molecular weight excluding hydrogens is 260 g/mol. The van der Waals surface area contributed by atoms with Gasteiger partial charge in [-0.25, -0.2) is 12.7 Å². The van der Waals surface area contributed by atoms with Gasteiger partial charge in [-0.15, -0.1) is 0 Å². The molecule has 0 aromatic heterocycles. The lowest BCUT2D eigenvalue weighted by Crippen LogP contribution is -2.31. The number of halogens is 1. The van der Waals surface area contributed by atoms with E-state index in [0.29, 0.717) is 5.02 Å². The van der Waals surface area contributed by atoms with E-state index in [-0.39, 0.29) is 5.75 Å². The van der Waals surface area contributed by atoms with Gasteiger partial charge in [-0.3, -0.25) is 0 Å². The van der Waals surface area contributed by atoms with Gasteiger partial charge in [-0.1, -0.05) is 17.7 Å². The van der Waals surface area contributed by atoms with E-state index in [4.69, 9.17) is 17.3 Å². The number of hydrogen-bond acceptors (Lipinski definition) is 3. The lowest BCUT2D eigenvalue weighted by Gasteiger charge is -2.18. The highest BCUT2D eigenvalue weighted by Gasteiger charge is 2.20. The lowest BCUT2D eigenvalue weighted by atomic mass is 10.0. The number of nitrogens with two attached hydrogens (primary N) is 1. The monoisotopic (exact) mass is 276 g/mol. The lowest BCUT2D eigenvalue weighted by molar-refractivity contribution is 0.514. The topological polar surface area (TPSA) is 63.4 Å². The van der Waals surface area contributed by atoms with Crippen LogP contribution in [0.5, 0.6) is 0 Å². The number of hydrogen-bond donors (Lipinski definition) is 1. The molecule has 0 amide bonds. The molecule has 1 atom stereocenters. The molecule has 0 spiro atoms. The fourth-order valence-electron chi connectivity index (χ4n) is 1.48. The van der Waals surface area contributed by atoms with Gasteiger partial charge in [-0.05, 0) is 30.2 Å². The highest BCUT2D eigenvalue weighted by Crippen LogP contribution is 2.22. The molecular formula is C11H17ClN2O2S. The maximum atomic E-state index is 11.7. The molecule has 1 aromatic rings. The molecule has 0 saturated carbocycles. The van der Waals surface area contributed by atoms with Crippen molar-refractivity contribution in [1.82, 2.24) is 4.31 Å². The molecule has 1 aromatic carbocycles. The van der Waals surface area contributed by atoms with Crippen molar-refractivity contribution in [2.45, 2.75) is 13.0 Å². The zero-order chi connectivity index (χ0) is 13.2. The average molecular weight is 277 g/mol. The van der Waals surface area contributed by atoms with Crippen molar-refractivity contribution in [1.29, 1.82) is 0 Å². The van der Waals surface area contributed by atoms with Crippen LogP contribution in [0.4, 0.5) is 0 Å². The van der Waals surface area contributed by atoms with Gasteiger partial charge in [0, 0.05) is 25.2 Å². The second-order valence-corrected chi connectivity index (χ2v) is 6.83. The first-order valence-electron chi connectivity index (χ1n) is 5.16. The van der Waals surface area contributed by atoms with Gasteiger partial charge >= 0.3 is 0 Å². The van der Waals surface area contributed by atoms with Crippen molar-refractivity contribution in [3.05, 3.63) is 34.3 Å². The van der Waals surface area contributed by atoms with Gasteiger partial charge < -0.3 is 5.73 Å². The fraction of sp³-hybridized carbons (Fsp3) is 0.455. The maximum absolute atomic E-state index is 11.7. The van der Waals surface area contributed by atoms with Crippen LogP contribution in [0.25, 0.3) is 0 Å². The zero-order valence-electron chi connectivity index (χ0n) is 10.1. The molecule has 0 fully saturated rings. The Balaban J connectivity index is 2.98. The minimum Gasteiger partial charge on any atom is -0.323 e. The molecule has 0 aliphatic carbocycles. The molecule has 0 saturated heterocycles. The molecule has 0 aliphatic rings. The molecule has 0 aliphatic heterocycles. The van der Waals surface area contributed by atoms with E-state index in [0.717, 1.165) is 11.1 Å². The van der Waals surface area contributed by atoms with Gasteiger partial charge in [0.1, 0.15) is 0 Å². The summed E-state index contributed by atoms with van der Waals surface area (Å²) in [6.45, 7) is 1.88. The third-order valence-corrected chi connectivity index (χ3v) is 4.72. The highest BCUT2D eigenvalue weighted by atomic mass is 35.5. The standard InChI is InChI=1S/C11H17ClN2O2S/c1-8-4-5-9(12)6-10(8)11(13)7-17(15,16)14(2)3/h4-6,11H,7,13H2,1-3H3. The van der Waals surface area contributed by atoms with Crippen LogP contribution < -0.4 is 5.73 Å². The normalized spacial score (nSPS) is 14.0. The largest absolute Gasteiger partial charge is 0.323 e. The van der Waals surface area contributed by atoms with E-state index in [1.54, 1.807) is 12.1 Å². The molecule has 0 heterocycles. The first-order valence-corrected chi connectivity index (χ1v) is 7.14. The summed E-state index contributed by atoms with van der Waals surface area (Å²) in [5, 5.41) is 0.559. The molecule has 96 valence electrons. The predicted molar refractivity (Wildman–Crippen MR) is 70.6 cm³/mol. The molecule has 1 rings (SSSR count). The Bertz CT molecular complexity index is 500. The van der Waals surface area contributed by atoms with Gasteiger partial charge in [0.15, 0.2) is 0 Å². The Labute approximate surface area is 107 Å². The smallest absolute Gasteiger partial charge is 0.215 e. The second kappa shape index (κ2) is 5.35. The van der Waals surface area contributed by atoms with Crippen LogP contribution >= 0.6 is 11.6 Å². The van der Waals surface area contributed by atoms with Gasteiger partial charge in [0.25, 0.3) is 0 Å². The summed E-state index contributed by atoms with van der Waals surface area (Å²) < 4.78 is 24.6. The molecule has 4 nitrogen and oxygen atoms in total. The molecule has 0 radical (unpaired) electrons. The predicted octanol–water partition coefficient (Wildman–Crippen LogP) is 1.54. The number of nitrogens with zero attached hydrogens (tertiary/aromatic N) is 1. The van der Waals surface area contributed by atoms with E-state index in [1.165, 1.54) is 18.4 Å². The van der Waals surface area contributed by atoms with Crippen molar-refractivity contribution in [2.24, 2.45) is 5.73 Å². The van der Waals surface area contributed by atoms with Crippen LogP contribution in [-0.4, -0.2) is 32.6 Å². The summed E-state index contributed by atoms with van der Waals surface area (Å²) in [5.41, 5.74) is 7.63. The van der Waals surface area contributed by atoms with Crippen LogP contribution in [0.3, 0.4) is 0 Å². The van der Waals surface area contributed by atoms with Crippen molar-refractivity contribution in [3.63, 3.8) is 0 Å². The van der Waals surface area contributed by atoms with E-state index < -0.39 is 16.1 Å². The molecule has 6 heteroatoms. The minimum atomic E-state index is -3.31. The summed E-state index contributed by atoms with van der Waals surface area (Å²) >= 11 is 5.88. The second-order valence-electron chi connectivity index (χ2n) is 4.17. The zero-order valence-corrected chi connectivity index (χ0v) is 11.7. The van der Waals surface area contributed by atoms with E-state index in [1.807, 2.05) is 13.0 Å². The molecule has 17 heavy (non-hydrogen) atoms. The first-order chi connectivity index (χ1) is 7.74. The number of sulfonamides is 1. The quantitative estimate of drug-likeness (QED) is 0.907. The highest BCUT2D eigenvalue weighted by molar-refractivity contribution is 7.89. The molecule has 2 N–H and O–H groups in total. The number of aryl methyl sites for hydroxylation is 1. The summed E-state index contributed by atoms with van der Waals surface area (Å²) in [4.78, 5) is 0. The molecule has 0 bridgehead atoms. The SMILES string of the molecule is Cc1ccc(Cl)cc1C(N)CS(=O)(=O)N(C)C. The van der Waals surface area contributed by atoms with Crippen LogP contribution in [0.1, 0.15) is 17.2 Å². The van der Waals surface area contributed by atoms with Crippen LogP contribution in [0.15, 0.2) is 18.2 Å². The van der Waals surface area contributed by atoms with Crippen molar-refractivity contribution in [3.8, 4) is 0 Å². The van der Waals surface area contributed by atoms with Crippen molar-refractivity contribution >= 4 is 21.6 Å². The fourth-order valence-corrected chi connectivity index (χ4v) is 2.59. The van der Waals surface area contributed by atoms with Crippen molar-refractivity contribution < 1.29 is 8.42 Å². The van der Waals surface area contributed by atoms with Gasteiger partial charge in [0.05, 0.1) is 5.75 Å². The number of rotatable bonds is 4. The van der Waals surface area contributed by atoms with Crippen molar-refractivity contribution in [2.75, 3.05) is 19.8 Å². The Morgan fingerprint density at radius 3 is 2.53 bits per heavy atom. The maximum Gasteiger partial charge on any atom is 0.215 e.